The van der Waals surface area contributed by atoms with E-state index < -0.39 is 0 Å². The van der Waals surface area contributed by atoms with E-state index in [1.54, 1.807) is 11.3 Å². The second-order valence-corrected chi connectivity index (χ2v) is 6.95. The number of aryl methyl sites for hydroxylation is 2. The van der Waals surface area contributed by atoms with Crippen molar-refractivity contribution in [3.05, 3.63) is 55.7 Å². The third kappa shape index (κ3) is 3.45. The van der Waals surface area contributed by atoms with Crippen molar-refractivity contribution in [2.45, 2.75) is 26.8 Å². The lowest BCUT2D eigenvalue weighted by Crippen LogP contribution is -2.26. The molecule has 1 heterocycles. The fourth-order valence-corrected chi connectivity index (χ4v) is 3.49. The van der Waals surface area contributed by atoms with Gasteiger partial charge in [0.05, 0.1) is 6.04 Å². The molecule has 0 aliphatic rings. The van der Waals surface area contributed by atoms with Gasteiger partial charge in [-0.15, -0.1) is 11.3 Å². The van der Waals surface area contributed by atoms with Crippen LogP contribution in [0.5, 0.6) is 0 Å². The van der Waals surface area contributed by atoms with Crippen LogP contribution in [0, 0.1) is 13.8 Å². The third-order valence-corrected chi connectivity index (χ3v) is 4.46. The summed E-state index contributed by atoms with van der Waals surface area (Å²) < 4.78 is 0.912. The van der Waals surface area contributed by atoms with E-state index in [2.05, 4.69) is 41.2 Å². The summed E-state index contributed by atoms with van der Waals surface area (Å²) in [7, 11) is 0. The van der Waals surface area contributed by atoms with Crippen molar-refractivity contribution in [3.8, 4) is 0 Å². The van der Waals surface area contributed by atoms with Crippen molar-refractivity contribution in [3.63, 3.8) is 0 Å². The molecule has 2 aromatic rings. The van der Waals surface area contributed by atoms with E-state index in [0.29, 0.717) is 5.56 Å². The van der Waals surface area contributed by atoms with Crippen molar-refractivity contribution >= 4 is 33.2 Å². The number of hydrogen-bond acceptors (Lipinski definition) is 2. The predicted octanol–water partition coefficient (Wildman–Crippen LogP) is 4.62. The molecule has 1 amide bonds. The minimum atomic E-state index is -0.0444. The number of carbonyl (C=O) groups excluding carboxylic acids is 1. The van der Waals surface area contributed by atoms with Crippen LogP contribution in [-0.4, -0.2) is 5.91 Å². The average molecular weight is 338 g/mol. The van der Waals surface area contributed by atoms with Crippen molar-refractivity contribution in [1.29, 1.82) is 0 Å². The van der Waals surface area contributed by atoms with Gasteiger partial charge in [0.2, 0.25) is 0 Å². The van der Waals surface area contributed by atoms with Crippen LogP contribution in [0.15, 0.2) is 34.8 Å². The Kier molecular flexibility index (Phi) is 4.42. The molecule has 0 saturated carbocycles. The van der Waals surface area contributed by atoms with Crippen LogP contribution >= 0.6 is 27.3 Å². The maximum atomic E-state index is 12.2. The lowest BCUT2D eigenvalue weighted by Gasteiger charge is -2.14. The molecule has 4 heteroatoms. The van der Waals surface area contributed by atoms with Gasteiger partial charge in [-0.3, -0.25) is 4.79 Å². The molecule has 1 atom stereocenters. The maximum Gasteiger partial charge on any atom is 0.251 e. The second-order valence-electron chi connectivity index (χ2n) is 4.57. The molecule has 2 rings (SSSR count). The third-order valence-electron chi connectivity index (χ3n) is 2.98. The molecular formula is C15H16BrNOS. The molecule has 0 radical (unpaired) electrons. The van der Waals surface area contributed by atoms with Crippen LogP contribution in [0.4, 0.5) is 0 Å². The SMILES string of the molecule is Cc1cc(C(C)NC(=O)c2cccc(Br)c2)c(C)s1. The van der Waals surface area contributed by atoms with Gasteiger partial charge in [0.1, 0.15) is 0 Å². The maximum absolute atomic E-state index is 12.2. The van der Waals surface area contributed by atoms with Gasteiger partial charge in [0, 0.05) is 19.8 Å². The van der Waals surface area contributed by atoms with E-state index in [-0.39, 0.29) is 11.9 Å². The van der Waals surface area contributed by atoms with Crippen LogP contribution in [-0.2, 0) is 0 Å². The molecule has 0 fully saturated rings. The predicted molar refractivity (Wildman–Crippen MR) is 83.8 cm³/mol. The zero-order chi connectivity index (χ0) is 14.0. The van der Waals surface area contributed by atoms with Gasteiger partial charge in [-0.05, 0) is 50.6 Å². The van der Waals surface area contributed by atoms with Crippen LogP contribution in [0.3, 0.4) is 0 Å². The monoisotopic (exact) mass is 337 g/mol. The first-order valence-electron chi connectivity index (χ1n) is 6.10. The number of rotatable bonds is 3. The van der Waals surface area contributed by atoms with Gasteiger partial charge in [0.25, 0.3) is 5.91 Å². The molecule has 1 N–H and O–H groups in total. The van der Waals surface area contributed by atoms with Crippen molar-refractivity contribution < 1.29 is 4.79 Å². The van der Waals surface area contributed by atoms with Gasteiger partial charge in [0.15, 0.2) is 0 Å². The highest BCUT2D eigenvalue weighted by molar-refractivity contribution is 9.10. The van der Waals surface area contributed by atoms with Crippen molar-refractivity contribution in [1.82, 2.24) is 5.32 Å². The lowest BCUT2D eigenvalue weighted by molar-refractivity contribution is 0.0940. The van der Waals surface area contributed by atoms with Gasteiger partial charge in [-0.25, -0.2) is 0 Å². The van der Waals surface area contributed by atoms with E-state index in [1.807, 2.05) is 31.2 Å². The normalized spacial score (nSPS) is 12.2. The largest absolute Gasteiger partial charge is 0.345 e. The molecule has 0 bridgehead atoms. The van der Waals surface area contributed by atoms with Gasteiger partial charge in [-0.2, -0.15) is 0 Å². The molecule has 2 nitrogen and oxygen atoms in total. The minimum absolute atomic E-state index is 0.0245. The average Bonchev–Trinajstić information content (AvgIpc) is 2.68. The van der Waals surface area contributed by atoms with Crippen LogP contribution in [0.25, 0.3) is 0 Å². The zero-order valence-electron chi connectivity index (χ0n) is 11.2. The summed E-state index contributed by atoms with van der Waals surface area (Å²) in [6.07, 6.45) is 0. The molecule has 0 aliphatic carbocycles. The Morgan fingerprint density at radius 3 is 2.63 bits per heavy atom. The molecule has 19 heavy (non-hydrogen) atoms. The lowest BCUT2D eigenvalue weighted by atomic mass is 10.1. The first-order valence-corrected chi connectivity index (χ1v) is 7.71. The van der Waals surface area contributed by atoms with Gasteiger partial charge in [-0.1, -0.05) is 22.0 Å². The number of benzene rings is 1. The fourth-order valence-electron chi connectivity index (χ4n) is 2.07. The molecule has 1 aromatic carbocycles. The Morgan fingerprint density at radius 1 is 1.32 bits per heavy atom. The minimum Gasteiger partial charge on any atom is -0.345 e. The topological polar surface area (TPSA) is 29.1 Å². The summed E-state index contributed by atoms with van der Waals surface area (Å²) in [5.74, 6) is -0.0444. The summed E-state index contributed by atoms with van der Waals surface area (Å²) in [5, 5.41) is 3.04. The van der Waals surface area contributed by atoms with E-state index in [1.165, 1.54) is 15.3 Å². The summed E-state index contributed by atoms with van der Waals surface area (Å²) >= 11 is 5.14. The first-order chi connectivity index (χ1) is 8.97. The molecule has 0 aliphatic heterocycles. The van der Waals surface area contributed by atoms with E-state index in [4.69, 9.17) is 0 Å². The Labute approximate surface area is 126 Å². The quantitative estimate of drug-likeness (QED) is 0.869. The smallest absolute Gasteiger partial charge is 0.251 e. The van der Waals surface area contributed by atoms with Gasteiger partial charge >= 0.3 is 0 Å². The van der Waals surface area contributed by atoms with Crippen LogP contribution < -0.4 is 5.32 Å². The number of nitrogens with one attached hydrogen (secondary N) is 1. The number of carbonyl (C=O) groups is 1. The molecule has 1 unspecified atom stereocenters. The van der Waals surface area contributed by atoms with E-state index in [9.17, 15) is 4.79 Å². The highest BCUT2D eigenvalue weighted by atomic mass is 79.9. The van der Waals surface area contributed by atoms with Crippen LogP contribution in [0.1, 0.15) is 38.6 Å². The number of amides is 1. The Bertz CT molecular complexity index is 606. The Morgan fingerprint density at radius 2 is 2.05 bits per heavy atom. The van der Waals surface area contributed by atoms with E-state index >= 15 is 0 Å². The van der Waals surface area contributed by atoms with Crippen LogP contribution in [0.2, 0.25) is 0 Å². The fraction of sp³-hybridized carbons (Fsp3) is 0.267. The second kappa shape index (κ2) is 5.88. The molecule has 1 aromatic heterocycles. The molecule has 0 spiro atoms. The summed E-state index contributed by atoms with van der Waals surface area (Å²) in [5.41, 5.74) is 1.87. The van der Waals surface area contributed by atoms with Crippen molar-refractivity contribution in [2.24, 2.45) is 0 Å². The van der Waals surface area contributed by atoms with E-state index in [0.717, 1.165) is 4.47 Å². The summed E-state index contributed by atoms with van der Waals surface area (Å²) in [6, 6.07) is 9.59. The summed E-state index contributed by atoms with van der Waals surface area (Å²) in [6.45, 7) is 6.20. The standard InChI is InChI=1S/C15H16BrNOS/c1-9-7-14(11(3)19-9)10(2)17-15(18)12-5-4-6-13(16)8-12/h4-8,10H,1-3H3,(H,17,18). The summed E-state index contributed by atoms with van der Waals surface area (Å²) in [4.78, 5) is 14.7. The molecule has 0 saturated heterocycles. The number of hydrogen-bond donors (Lipinski definition) is 1. The highest BCUT2D eigenvalue weighted by Crippen LogP contribution is 2.26. The number of halogens is 1. The Hall–Kier alpha value is -1.13. The first kappa shape index (κ1) is 14.3. The zero-order valence-corrected chi connectivity index (χ0v) is 13.6. The number of thiophene rings is 1. The molecule has 100 valence electrons. The Balaban J connectivity index is 2.13. The highest BCUT2D eigenvalue weighted by Gasteiger charge is 2.14. The van der Waals surface area contributed by atoms with Crippen molar-refractivity contribution in [2.75, 3.05) is 0 Å². The van der Waals surface area contributed by atoms with Gasteiger partial charge < -0.3 is 5.32 Å². The molecular weight excluding hydrogens is 322 g/mol.